The van der Waals surface area contributed by atoms with E-state index in [-0.39, 0.29) is 12.4 Å². The Balaban J connectivity index is 3.06. The van der Waals surface area contributed by atoms with Gasteiger partial charge in [-0.05, 0) is 32.4 Å². The van der Waals surface area contributed by atoms with Gasteiger partial charge in [-0.1, -0.05) is 25.1 Å². The molecular weight excluding hydrogens is 252 g/mol. The van der Waals surface area contributed by atoms with Gasteiger partial charge in [0.2, 0.25) is 0 Å². The van der Waals surface area contributed by atoms with Crippen molar-refractivity contribution in [3.63, 3.8) is 0 Å². The first kappa shape index (κ1) is 15.9. The molecule has 0 heterocycles. The molecule has 3 nitrogen and oxygen atoms in total. The van der Waals surface area contributed by atoms with Crippen molar-refractivity contribution < 1.29 is 18.6 Å². The number of aliphatic hydroxyl groups is 1. The zero-order valence-electron chi connectivity index (χ0n) is 11.3. The van der Waals surface area contributed by atoms with Crippen LogP contribution in [0.5, 0.6) is 5.75 Å². The second-order valence-electron chi connectivity index (χ2n) is 4.61. The molecule has 19 heavy (non-hydrogen) atoms. The predicted molar refractivity (Wildman–Crippen MR) is 70.4 cm³/mol. The summed E-state index contributed by atoms with van der Waals surface area (Å²) in [5.74, 6) is 0.150. The summed E-state index contributed by atoms with van der Waals surface area (Å²) < 4.78 is 29.4. The molecule has 0 aliphatic rings. The van der Waals surface area contributed by atoms with Crippen LogP contribution in [0.15, 0.2) is 24.3 Å². The zero-order valence-corrected chi connectivity index (χ0v) is 11.3. The Kier molecular flexibility index (Phi) is 6.18. The van der Waals surface area contributed by atoms with E-state index in [4.69, 9.17) is 0 Å². The lowest BCUT2D eigenvalue weighted by molar-refractivity contribution is -0.0512. The number of para-hydroxylation sites is 1. The van der Waals surface area contributed by atoms with Gasteiger partial charge in [0, 0.05) is 17.7 Å². The fourth-order valence-electron chi connectivity index (χ4n) is 2.06. The Hall–Kier alpha value is -1.20. The molecular formula is C14H21F2NO2. The molecule has 1 aromatic carbocycles. The molecule has 0 aliphatic carbocycles. The van der Waals surface area contributed by atoms with Crippen molar-refractivity contribution >= 4 is 0 Å². The summed E-state index contributed by atoms with van der Waals surface area (Å²) >= 11 is 0. The zero-order chi connectivity index (χ0) is 14.3. The van der Waals surface area contributed by atoms with Gasteiger partial charge in [0.05, 0.1) is 0 Å². The maximum Gasteiger partial charge on any atom is 0.387 e. The lowest BCUT2D eigenvalue weighted by Crippen LogP contribution is -2.41. The first-order valence-corrected chi connectivity index (χ1v) is 6.43. The quantitative estimate of drug-likeness (QED) is 0.765. The summed E-state index contributed by atoms with van der Waals surface area (Å²) in [7, 11) is 0. The van der Waals surface area contributed by atoms with E-state index in [1.165, 1.54) is 6.07 Å². The predicted octanol–water partition coefficient (Wildman–Crippen LogP) is 2.89. The fraction of sp³-hybridized carbons (Fsp3) is 0.571. The van der Waals surface area contributed by atoms with Crippen LogP contribution in [0.4, 0.5) is 8.78 Å². The second kappa shape index (κ2) is 7.40. The Morgan fingerprint density at radius 2 is 2.05 bits per heavy atom. The molecule has 0 radical (unpaired) electrons. The largest absolute Gasteiger partial charge is 0.434 e. The van der Waals surface area contributed by atoms with Crippen molar-refractivity contribution in [2.75, 3.05) is 13.2 Å². The number of aliphatic hydroxyl groups excluding tert-OH is 1. The number of benzene rings is 1. The lowest BCUT2D eigenvalue weighted by atomic mass is 9.88. The molecule has 0 amide bonds. The molecule has 1 rings (SSSR count). The summed E-state index contributed by atoms with van der Waals surface area (Å²) in [5.41, 5.74) is 0.0498. The molecule has 0 saturated carbocycles. The average molecular weight is 273 g/mol. The molecule has 0 spiro atoms. The van der Waals surface area contributed by atoms with Gasteiger partial charge in [0.25, 0.3) is 0 Å². The van der Waals surface area contributed by atoms with Crippen LogP contribution in [0.25, 0.3) is 0 Å². The molecule has 0 saturated heterocycles. The smallest absolute Gasteiger partial charge is 0.387 e. The van der Waals surface area contributed by atoms with Gasteiger partial charge < -0.3 is 15.2 Å². The summed E-state index contributed by atoms with van der Waals surface area (Å²) in [6.45, 7) is 1.75. The van der Waals surface area contributed by atoms with E-state index >= 15 is 0 Å². The van der Waals surface area contributed by atoms with Crippen LogP contribution in [0.2, 0.25) is 0 Å². The molecule has 108 valence electrons. The summed E-state index contributed by atoms with van der Waals surface area (Å²) in [6.07, 6.45) is 1.34. The van der Waals surface area contributed by atoms with Crippen LogP contribution in [0.3, 0.4) is 0 Å². The van der Waals surface area contributed by atoms with E-state index < -0.39 is 12.2 Å². The normalized spacial score (nSPS) is 14.4. The highest BCUT2D eigenvalue weighted by molar-refractivity contribution is 5.39. The number of nitrogens with one attached hydrogen (secondary N) is 1. The van der Waals surface area contributed by atoms with Gasteiger partial charge in [-0.3, -0.25) is 0 Å². The molecule has 5 heteroatoms. The second-order valence-corrected chi connectivity index (χ2v) is 4.61. The maximum atomic E-state index is 12.4. The number of hydrogen-bond acceptors (Lipinski definition) is 3. The highest BCUT2D eigenvalue weighted by Crippen LogP contribution is 2.33. The van der Waals surface area contributed by atoms with E-state index in [0.29, 0.717) is 12.0 Å². The Bertz CT molecular complexity index is 387. The minimum atomic E-state index is -2.86. The van der Waals surface area contributed by atoms with Crippen molar-refractivity contribution in [3.8, 4) is 5.75 Å². The van der Waals surface area contributed by atoms with Crippen LogP contribution in [0.1, 0.15) is 32.3 Å². The number of alkyl halides is 2. The van der Waals surface area contributed by atoms with Crippen LogP contribution >= 0.6 is 0 Å². The molecule has 1 atom stereocenters. The molecule has 0 fully saturated rings. The van der Waals surface area contributed by atoms with E-state index in [1.54, 1.807) is 18.2 Å². The van der Waals surface area contributed by atoms with Gasteiger partial charge in [-0.15, -0.1) is 0 Å². The highest BCUT2D eigenvalue weighted by atomic mass is 19.3. The fourth-order valence-corrected chi connectivity index (χ4v) is 2.06. The van der Waals surface area contributed by atoms with E-state index in [2.05, 4.69) is 10.1 Å². The van der Waals surface area contributed by atoms with Gasteiger partial charge >= 0.3 is 6.61 Å². The minimum absolute atomic E-state index is 0.0315. The molecule has 2 N–H and O–H groups in total. The third-order valence-electron chi connectivity index (χ3n) is 3.07. The highest BCUT2D eigenvalue weighted by Gasteiger charge is 2.29. The van der Waals surface area contributed by atoms with Crippen molar-refractivity contribution in [2.45, 2.75) is 38.8 Å². The molecule has 0 bridgehead atoms. The first-order chi connectivity index (χ1) is 9.03. The van der Waals surface area contributed by atoms with Crippen LogP contribution in [-0.4, -0.2) is 24.9 Å². The van der Waals surface area contributed by atoms with Crippen molar-refractivity contribution in [1.82, 2.24) is 5.32 Å². The maximum absolute atomic E-state index is 12.4. The number of ether oxygens (including phenoxy) is 1. The van der Waals surface area contributed by atoms with E-state index in [9.17, 15) is 13.9 Å². The monoisotopic (exact) mass is 273 g/mol. The van der Waals surface area contributed by atoms with Crippen molar-refractivity contribution in [1.29, 1.82) is 0 Å². The van der Waals surface area contributed by atoms with Crippen LogP contribution in [0, 0.1) is 0 Å². The van der Waals surface area contributed by atoms with Crippen LogP contribution in [-0.2, 0) is 5.54 Å². The van der Waals surface area contributed by atoms with Gasteiger partial charge in [0.1, 0.15) is 5.75 Å². The molecule has 1 aromatic rings. The SMILES string of the molecule is CCCNC(C)(CCO)c1ccccc1OC(F)F. The molecule has 0 aliphatic heterocycles. The summed E-state index contributed by atoms with van der Waals surface area (Å²) in [6, 6.07) is 6.69. The number of halogens is 2. The lowest BCUT2D eigenvalue weighted by Gasteiger charge is -2.32. The van der Waals surface area contributed by atoms with Gasteiger partial charge in [-0.25, -0.2) is 0 Å². The standard InChI is InChI=1S/C14H21F2NO2/c1-3-9-17-14(2,8-10-18)11-6-4-5-7-12(11)19-13(15)16/h4-7,13,17-18H,3,8-10H2,1-2H3. The van der Waals surface area contributed by atoms with Crippen molar-refractivity contribution in [3.05, 3.63) is 29.8 Å². The van der Waals surface area contributed by atoms with Crippen LogP contribution < -0.4 is 10.1 Å². The molecule has 1 unspecified atom stereocenters. The summed E-state index contributed by atoms with van der Waals surface area (Å²) in [4.78, 5) is 0. The van der Waals surface area contributed by atoms with Gasteiger partial charge in [-0.2, -0.15) is 8.78 Å². The number of hydrogen-bond donors (Lipinski definition) is 2. The third kappa shape index (κ3) is 4.44. The average Bonchev–Trinajstić information content (AvgIpc) is 2.36. The minimum Gasteiger partial charge on any atom is -0.434 e. The Labute approximate surface area is 112 Å². The van der Waals surface area contributed by atoms with Crippen molar-refractivity contribution in [2.24, 2.45) is 0 Å². The van der Waals surface area contributed by atoms with E-state index in [0.717, 1.165) is 13.0 Å². The summed E-state index contributed by atoms with van der Waals surface area (Å²) in [5, 5.41) is 12.5. The topological polar surface area (TPSA) is 41.5 Å². The Morgan fingerprint density at radius 1 is 1.37 bits per heavy atom. The van der Waals surface area contributed by atoms with E-state index in [1.807, 2.05) is 13.8 Å². The van der Waals surface area contributed by atoms with Gasteiger partial charge in [0.15, 0.2) is 0 Å². The first-order valence-electron chi connectivity index (χ1n) is 6.43. The third-order valence-corrected chi connectivity index (χ3v) is 3.07. The Morgan fingerprint density at radius 3 is 2.63 bits per heavy atom. The molecule has 0 aromatic heterocycles. The number of rotatable bonds is 8.